The van der Waals surface area contributed by atoms with Crippen LogP contribution in [0.15, 0.2) is 12.4 Å². The summed E-state index contributed by atoms with van der Waals surface area (Å²) in [7, 11) is 2.00. The minimum Gasteiger partial charge on any atom is -0.393 e. The van der Waals surface area contributed by atoms with Crippen molar-refractivity contribution < 1.29 is 5.11 Å². The first-order chi connectivity index (χ1) is 7.24. The van der Waals surface area contributed by atoms with Gasteiger partial charge in [0.05, 0.1) is 6.10 Å². The second-order valence-corrected chi connectivity index (χ2v) is 3.81. The maximum Gasteiger partial charge on any atom is 0.109 e. The second kappa shape index (κ2) is 6.58. The van der Waals surface area contributed by atoms with Crippen LogP contribution in [0.25, 0.3) is 0 Å². The molecule has 1 unspecified atom stereocenters. The summed E-state index contributed by atoms with van der Waals surface area (Å²) >= 11 is 0. The average Bonchev–Trinajstić information content (AvgIpc) is 2.63. The van der Waals surface area contributed by atoms with Gasteiger partial charge in [0.25, 0.3) is 0 Å². The fourth-order valence-corrected chi connectivity index (χ4v) is 1.44. The Bertz CT molecular complexity index is 273. The van der Waals surface area contributed by atoms with Gasteiger partial charge < -0.3 is 15.0 Å². The van der Waals surface area contributed by atoms with Crippen molar-refractivity contribution in [3.8, 4) is 0 Å². The Balaban J connectivity index is 2.05. The lowest BCUT2D eigenvalue weighted by atomic mass is 10.2. The van der Waals surface area contributed by atoms with Crippen LogP contribution in [-0.4, -0.2) is 33.9 Å². The number of aromatic nitrogens is 2. The highest BCUT2D eigenvalue weighted by Crippen LogP contribution is 1.96. The molecule has 0 saturated carbocycles. The molecule has 0 radical (unpaired) electrons. The number of aryl methyl sites for hydroxylation is 1. The van der Waals surface area contributed by atoms with E-state index >= 15 is 0 Å². The third-order valence-corrected chi connectivity index (χ3v) is 2.57. The van der Waals surface area contributed by atoms with Crippen molar-refractivity contribution >= 4 is 0 Å². The van der Waals surface area contributed by atoms with Crippen molar-refractivity contribution in [2.24, 2.45) is 7.05 Å². The first-order valence-corrected chi connectivity index (χ1v) is 5.59. The van der Waals surface area contributed by atoms with Crippen molar-refractivity contribution in [3.63, 3.8) is 0 Å². The average molecular weight is 211 g/mol. The highest BCUT2D eigenvalue weighted by molar-refractivity contribution is 4.91. The fourth-order valence-electron chi connectivity index (χ4n) is 1.44. The Morgan fingerprint density at radius 3 is 2.93 bits per heavy atom. The van der Waals surface area contributed by atoms with E-state index in [2.05, 4.69) is 10.3 Å². The third kappa shape index (κ3) is 4.44. The summed E-state index contributed by atoms with van der Waals surface area (Å²) in [5.74, 6) is 1.10. The molecule has 1 rings (SSSR count). The molecule has 4 nitrogen and oxygen atoms in total. The first kappa shape index (κ1) is 12.2. The third-order valence-electron chi connectivity index (χ3n) is 2.57. The van der Waals surface area contributed by atoms with Crippen LogP contribution in [0.3, 0.4) is 0 Å². The molecule has 15 heavy (non-hydrogen) atoms. The monoisotopic (exact) mass is 211 g/mol. The molecule has 0 aliphatic heterocycles. The number of aliphatic hydroxyl groups excluding tert-OH is 1. The van der Waals surface area contributed by atoms with E-state index < -0.39 is 0 Å². The predicted molar refractivity (Wildman–Crippen MR) is 60.7 cm³/mol. The normalized spacial score (nSPS) is 13.0. The molecule has 0 spiro atoms. The summed E-state index contributed by atoms with van der Waals surface area (Å²) < 4.78 is 2.03. The topological polar surface area (TPSA) is 50.1 Å². The van der Waals surface area contributed by atoms with E-state index in [9.17, 15) is 5.11 Å². The number of hydrogen-bond acceptors (Lipinski definition) is 3. The van der Waals surface area contributed by atoms with Crippen LogP contribution in [0.4, 0.5) is 0 Å². The van der Waals surface area contributed by atoms with E-state index in [4.69, 9.17) is 0 Å². The van der Waals surface area contributed by atoms with Crippen molar-refractivity contribution in [3.05, 3.63) is 18.2 Å². The molecule has 1 aromatic rings. The number of imidazole rings is 1. The van der Waals surface area contributed by atoms with Crippen LogP contribution in [0.5, 0.6) is 0 Å². The van der Waals surface area contributed by atoms with Gasteiger partial charge in [-0.25, -0.2) is 4.98 Å². The molecule has 1 atom stereocenters. The Morgan fingerprint density at radius 2 is 2.33 bits per heavy atom. The zero-order chi connectivity index (χ0) is 11.1. The standard InChI is InChI=1S/C11H21N3O/c1-3-10(15)4-6-12-7-5-11-13-8-9-14(11)2/h8-10,12,15H,3-7H2,1-2H3. The lowest BCUT2D eigenvalue weighted by Crippen LogP contribution is -2.23. The van der Waals surface area contributed by atoms with E-state index in [1.807, 2.05) is 30.9 Å². The van der Waals surface area contributed by atoms with Gasteiger partial charge in [0.1, 0.15) is 5.82 Å². The second-order valence-electron chi connectivity index (χ2n) is 3.81. The molecule has 0 saturated heterocycles. The van der Waals surface area contributed by atoms with Crippen molar-refractivity contribution in [1.82, 2.24) is 14.9 Å². The Hall–Kier alpha value is -0.870. The van der Waals surface area contributed by atoms with Crippen LogP contribution < -0.4 is 5.32 Å². The minimum absolute atomic E-state index is 0.161. The van der Waals surface area contributed by atoms with Gasteiger partial charge in [-0.05, 0) is 19.4 Å². The predicted octanol–water partition coefficient (Wildman–Crippen LogP) is 0.713. The van der Waals surface area contributed by atoms with Crippen LogP contribution in [0.2, 0.25) is 0 Å². The molecule has 2 N–H and O–H groups in total. The molecule has 1 aromatic heterocycles. The number of rotatable bonds is 7. The molecule has 0 aliphatic rings. The minimum atomic E-state index is -0.161. The maximum absolute atomic E-state index is 9.33. The van der Waals surface area contributed by atoms with Crippen molar-refractivity contribution in [1.29, 1.82) is 0 Å². The highest BCUT2D eigenvalue weighted by atomic mass is 16.3. The summed E-state index contributed by atoms with van der Waals surface area (Å²) in [5.41, 5.74) is 0. The number of nitrogens with zero attached hydrogens (tertiary/aromatic N) is 2. The van der Waals surface area contributed by atoms with E-state index in [1.165, 1.54) is 0 Å². The van der Waals surface area contributed by atoms with Gasteiger partial charge in [-0.3, -0.25) is 0 Å². The lowest BCUT2D eigenvalue weighted by Gasteiger charge is -2.08. The smallest absolute Gasteiger partial charge is 0.109 e. The van der Waals surface area contributed by atoms with Crippen molar-refractivity contribution in [2.75, 3.05) is 13.1 Å². The van der Waals surface area contributed by atoms with Crippen LogP contribution >= 0.6 is 0 Å². The fraction of sp³-hybridized carbons (Fsp3) is 0.727. The summed E-state index contributed by atoms with van der Waals surface area (Å²) in [6.07, 6.45) is 6.21. The van der Waals surface area contributed by atoms with E-state index in [0.29, 0.717) is 0 Å². The van der Waals surface area contributed by atoms with Gasteiger partial charge in [-0.1, -0.05) is 6.92 Å². The van der Waals surface area contributed by atoms with E-state index in [-0.39, 0.29) is 6.10 Å². The molecule has 0 bridgehead atoms. The van der Waals surface area contributed by atoms with Crippen molar-refractivity contribution in [2.45, 2.75) is 32.3 Å². The van der Waals surface area contributed by atoms with Gasteiger partial charge in [-0.15, -0.1) is 0 Å². The summed E-state index contributed by atoms with van der Waals surface area (Å²) in [5, 5.41) is 12.6. The summed E-state index contributed by atoms with van der Waals surface area (Å²) in [6.45, 7) is 3.79. The maximum atomic E-state index is 9.33. The van der Waals surface area contributed by atoms with Gasteiger partial charge in [0, 0.05) is 32.4 Å². The SMILES string of the molecule is CCC(O)CCNCCc1nccn1C. The Morgan fingerprint density at radius 1 is 1.53 bits per heavy atom. The van der Waals surface area contributed by atoms with Crippen LogP contribution in [-0.2, 0) is 13.5 Å². The van der Waals surface area contributed by atoms with Gasteiger partial charge in [-0.2, -0.15) is 0 Å². The molecule has 0 aromatic carbocycles. The lowest BCUT2D eigenvalue weighted by molar-refractivity contribution is 0.160. The van der Waals surface area contributed by atoms with E-state index in [0.717, 1.165) is 38.2 Å². The Labute approximate surface area is 91.3 Å². The molecule has 1 heterocycles. The molecule has 0 fully saturated rings. The van der Waals surface area contributed by atoms with Gasteiger partial charge in [0.2, 0.25) is 0 Å². The molecule has 4 heteroatoms. The first-order valence-electron chi connectivity index (χ1n) is 5.59. The Kier molecular flexibility index (Phi) is 5.36. The summed E-state index contributed by atoms with van der Waals surface area (Å²) in [6, 6.07) is 0. The highest BCUT2D eigenvalue weighted by Gasteiger charge is 2.00. The zero-order valence-corrected chi connectivity index (χ0v) is 9.61. The quantitative estimate of drug-likeness (QED) is 0.653. The summed E-state index contributed by atoms with van der Waals surface area (Å²) in [4.78, 5) is 4.24. The number of hydrogen-bond donors (Lipinski definition) is 2. The van der Waals surface area contributed by atoms with Crippen LogP contribution in [0.1, 0.15) is 25.6 Å². The van der Waals surface area contributed by atoms with Crippen LogP contribution in [0, 0.1) is 0 Å². The van der Waals surface area contributed by atoms with E-state index in [1.54, 1.807) is 0 Å². The molecular weight excluding hydrogens is 190 g/mol. The number of nitrogens with one attached hydrogen (secondary N) is 1. The molecule has 86 valence electrons. The van der Waals surface area contributed by atoms with Gasteiger partial charge >= 0.3 is 0 Å². The molecular formula is C11H21N3O. The molecule has 0 aliphatic carbocycles. The largest absolute Gasteiger partial charge is 0.393 e. The van der Waals surface area contributed by atoms with Gasteiger partial charge in [0.15, 0.2) is 0 Å². The molecule has 0 amide bonds. The number of aliphatic hydroxyl groups is 1. The zero-order valence-electron chi connectivity index (χ0n) is 9.61.